The fraction of sp³-hybridized carbons (Fsp3) is 0.500. The van der Waals surface area contributed by atoms with Gasteiger partial charge in [0.1, 0.15) is 0 Å². The molecule has 1 fully saturated rings. The van der Waals surface area contributed by atoms with Crippen LogP contribution in [-0.2, 0) is 9.53 Å². The first-order chi connectivity index (χ1) is 11.9. The average molecular weight is 344 g/mol. The molecule has 0 saturated carbocycles. The monoisotopic (exact) mass is 344 g/mol. The highest BCUT2D eigenvalue weighted by atomic mass is 16.5. The van der Waals surface area contributed by atoms with Crippen molar-refractivity contribution in [2.45, 2.75) is 13.8 Å². The number of nitrogens with zero attached hydrogens (tertiary/aromatic N) is 3. The van der Waals surface area contributed by atoms with Crippen LogP contribution in [-0.4, -0.2) is 71.5 Å². The molecule has 1 aromatic carbocycles. The Labute approximate surface area is 147 Å². The number of ether oxygens (including phenoxy) is 1. The number of amides is 2. The van der Waals surface area contributed by atoms with Crippen molar-refractivity contribution in [1.82, 2.24) is 19.8 Å². The number of benzene rings is 1. The zero-order chi connectivity index (χ0) is 18.0. The van der Waals surface area contributed by atoms with Crippen LogP contribution in [0, 0.1) is 5.41 Å². The first-order valence-electron chi connectivity index (χ1n) is 8.43. The number of hydrogen-bond donors (Lipinski definition) is 1. The zero-order valence-electron chi connectivity index (χ0n) is 14.9. The summed E-state index contributed by atoms with van der Waals surface area (Å²) in [5.41, 5.74) is 1.77. The maximum Gasteiger partial charge on any atom is 0.254 e. The second-order valence-corrected chi connectivity index (χ2v) is 7.04. The number of nitrogens with one attached hydrogen (secondary N) is 1. The minimum absolute atomic E-state index is 0.0141. The van der Waals surface area contributed by atoms with Gasteiger partial charge in [0.05, 0.1) is 29.4 Å². The maximum atomic E-state index is 12.7. The molecule has 0 aliphatic carbocycles. The Kier molecular flexibility index (Phi) is 4.76. The van der Waals surface area contributed by atoms with E-state index in [1.165, 1.54) is 0 Å². The Hall–Kier alpha value is -2.41. The van der Waals surface area contributed by atoms with Crippen molar-refractivity contribution in [3.63, 3.8) is 0 Å². The van der Waals surface area contributed by atoms with Gasteiger partial charge in [-0.1, -0.05) is 0 Å². The van der Waals surface area contributed by atoms with Gasteiger partial charge in [0.25, 0.3) is 5.91 Å². The first-order valence-corrected chi connectivity index (χ1v) is 8.43. The molecule has 2 heterocycles. The van der Waals surface area contributed by atoms with E-state index in [4.69, 9.17) is 4.74 Å². The largest absolute Gasteiger partial charge is 0.384 e. The Bertz CT molecular complexity index is 775. The number of fused-ring (bicyclic) bond motifs is 1. The van der Waals surface area contributed by atoms with Gasteiger partial charge >= 0.3 is 0 Å². The standard InChI is InChI=1S/C18H24N4O3/c1-18(2,11-25-3)17(24)22-8-6-21(7-9-22)16(23)13-4-5-14-15(10-13)20-12-19-14/h4-5,10,12H,6-9,11H2,1-3H3,(H,19,20). The molecule has 1 aromatic heterocycles. The van der Waals surface area contributed by atoms with Crippen LogP contribution in [0.15, 0.2) is 24.5 Å². The number of aromatic amines is 1. The van der Waals surface area contributed by atoms with E-state index in [1.807, 2.05) is 30.9 Å². The van der Waals surface area contributed by atoms with Crippen molar-refractivity contribution < 1.29 is 14.3 Å². The number of methoxy groups -OCH3 is 1. The van der Waals surface area contributed by atoms with Gasteiger partial charge in [-0.3, -0.25) is 9.59 Å². The molecule has 25 heavy (non-hydrogen) atoms. The zero-order valence-corrected chi connectivity index (χ0v) is 14.9. The van der Waals surface area contributed by atoms with Crippen LogP contribution in [0.3, 0.4) is 0 Å². The molecule has 2 amide bonds. The van der Waals surface area contributed by atoms with Gasteiger partial charge in [-0.2, -0.15) is 0 Å². The molecule has 0 unspecified atom stereocenters. The van der Waals surface area contributed by atoms with Crippen LogP contribution in [0.5, 0.6) is 0 Å². The summed E-state index contributed by atoms with van der Waals surface area (Å²) < 4.78 is 5.14. The van der Waals surface area contributed by atoms with Crippen LogP contribution < -0.4 is 0 Å². The summed E-state index contributed by atoms with van der Waals surface area (Å²) in [6, 6.07) is 5.46. The molecule has 134 valence electrons. The van der Waals surface area contributed by atoms with Crippen molar-refractivity contribution in [1.29, 1.82) is 0 Å². The van der Waals surface area contributed by atoms with Crippen molar-refractivity contribution in [2.75, 3.05) is 39.9 Å². The van der Waals surface area contributed by atoms with Crippen molar-refractivity contribution >= 4 is 22.8 Å². The molecule has 1 saturated heterocycles. The Balaban J connectivity index is 1.63. The van der Waals surface area contributed by atoms with E-state index in [0.717, 1.165) is 11.0 Å². The van der Waals surface area contributed by atoms with E-state index < -0.39 is 5.41 Å². The summed E-state index contributed by atoms with van der Waals surface area (Å²) in [6.45, 7) is 6.32. The lowest BCUT2D eigenvalue weighted by Crippen LogP contribution is -2.54. The Morgan fingerprint density at radius 3 is 2.56 bits per heavy atom. The van der Waals surface area contributed by atoms with E-state index >= 15 is 0 Å². The number of piperazine rings is 1. The molecular weight excluding hydrogens is 320 g/mol. The average Bonchev–Trinajstić information content (AvgIpc) is 3.08. The highest BCUT2D eigenvalue weighted by Crippen LogP contribution is 2.21. The molecule has 1 aliphatic rings. The number of carbonyl (C=O) groups is 2. The third-order valence-corrected chi connectivity index (χ3v) is 4.61. The first kappa shape index (κ1) is 17.4. The normalized spacial score (nSPS) is 15.6. The van der Waals surface area contributed by atoms with Gasteiger partial charge in [-0.05, 0) is 32.0 Å². The minimum atomic E-state index is -0.549. The van der Waals surface area contributed by atoms with Gasteiger partial charge in [0, 0.05) is 38.9 Å². The molecule has 0 radical (unpaired) electrons. The summed E-state index contributed by atoms with van der Waals surface area (Å²) in [5, 5.41) is 0. The highest BCUT2D eigenvalue weighted by molar-refractivity contribution is 5.97. The SMILES string of the molecule is COCC(C)(C)C(=O)N1CCN(C(=O)c2ccc3nc[nH]c3c2)CC1. The molecule has 0 atom stereocenters. The highest BCUT2D eigenvalue weighted by Gasteiger charge is 2.34. The molecule has 0 bridgehead atoms. The predicted octanol–water partition coefficient (Wildman–Crippen LogP) is 1.52. The van der Waals surface area contributed by atoms with Gasteiger partial charge < -0.3 is 19.5 Å². The number of imidazole rings is 1. The molecule has 1 aliphatic heterocycles. The van der Waals surface area contributed by atoms with Gasteiger partial charge in [-0.25, -0.2) is 4.98 Å². The lowest BCUT2D eigenvalue weighted by Gasteiger charge is -2.38. The third kappa shape index (κ3) is 3.51. The Morgan fingerprint density at radius 1 is 1.20 bits per heavy atom. The smallest absolute Gasteiger partial charge is 0.254 e. The summed E-state index contributed by atoms with van der Waals surface area (Å²) in [6.07, 6.45) is 1.62. The Morgan fingerprint density at radius 2 is 1.88 bits per heavy atom. The van der Waals surface area contributed by atoms with Crippen LogP contribution in [0.4, 0.5) is 0 Å². The second-order valence-electron chi connectivity index (χ2n) is 7.04. The topological polar surface area (TPSA) is 78.5 Å². The molecule has 7 heteroatoms. The van der Waals surface area contributed by atoms with E-state index in [9.17, 15) is 9.59 Å². The van der Waals surface area contributed by atoms with Crippen LogP contribution in [0.2, 0.25) is 0 Å². The number of rotatable bonds is 4. The molecule has 0 spiro atoms. The lowest BCUT2D eigenvalue weighted by atomic mass is 9.92. The van der Waals surface area contributed by atoms with Crippen LogP contribution in [0.1, 0.15) is 24.2 Å². The molecule has 2 aromatic rings. The van der Waals surface area contributed by atoms with E-state index in [2.05, 4.69) is 9.97 Å². The molecule has 1 N–H and O–H groups in total. The summed E-state index contributed by atoms with van der Waals surface area (Å²) in [7, 11) is 1.60. The van der Waals surface area contributed by atoms with Gasteiger partial charge in [-0.15, -0.1) is 0 Å². The van der Waals surface area contributed by atoms with Crippen LogP contribution >= 0.6 is 0 Å². The van der Waals surface area contributed by atoms with E-state index in [0.29, 0.717) is 38.3 Å². The van der Waals surface area contributed by atoms with Gasteiger partial charge in [0.2, 0.25) is 5.91 Å². The summed E-state index contributed by atoms with van der Waals surface area (Å²) in [5.74, 6) is 0.0556. The quantitative estimate of drug-likeness (QED) is 0.912. The van der Waals surface area contributed by atoms with Crippen molar-refractivity contribution in [3.05, 3.63) is 30.1 Å². The molecule has 7 nitrogen and oxygen atoms in total. The predicted molar refractivity (Wildman–Crippen MR) is 94.2 cm³/mol. The van der Waals surface area contributed by atoms with E-state index in [1.54, 1.807) is 24.4 Å². The summed E-state index contributed by atoms with van der Waals surface area (Å²) in [4.78, 5) is 36.1. The molecule has 3 rings (SSSR count). The van der Waals surface area contributed by atoms with Crippen LogP contribution in [0.25, 0.3) is 11.0 Å². The fourth-order valence-corrected chi connectivity index (χ4v) is 3.21. The number of hydrogen-bond acceptors (Lipinski definition) is 4. The lowest BCUT2D eigenvalue weighted by molar-refractivity contribution is -0.144. The maximum absolute atomic E-state index is 12.7. The number of H-pyrrole nitrogens is 1. The van der Waals surface area contributed by atoms with Gasteiger partial charge in [0.15, 0.2) is 0 Å². The van der Waals surface area contributed by atoms with E-state index in [-0.39, 0.29) is 11.8 Å². The third-order valence-electron chi connectivity index (χ3n) is 4.61. The molecular formula is C18H24N4O3. The number of carbonyl (C=O) groups excluding carboxylic acids is 2. The number of aromatic nitrogens is 2. The van der Waals surface area contributed by atoms with Crippen molar-refractivity contribution in [3.8, 4) is 0 Å². The van der Waals surface area contributed by atoms with Crippen molar-refractivity contribution in [2.24, 2.45) is 5.41 Å². The summed E-state index contributed by atoms with van der Waals surface area (Å²) >= 11 is 0. The fourth-order valence-electron chi connectivity index (χ4n) is 3.21. The second kappa shape index (κ2) is 6.84. The minimum Gasteiger partial charge on any atom is -0.384 e.